The summed E-state index contributed by atoms with van der Waals surface area (Å²) in [6.45, 7) is 9.81. The van der Waals surface area contributed by atoms with Gasteiger partial charge in [-0.2, -0.15) is 0 Å². The van der Waals surface area contributed by atoms with Crippen LogP contribution in [-0.4, -0.2) is 26.3 Å². The zero-order valence-electron chi connectivity index (χ0n) is 10.3. The van der Waals surface area contributed by atoms with Gasteiger partial charge in [-0.1, -0.05) is 20.8 Å². The van der Waals surface area contributed by atoms with Crippen molar-refractivity contribution in [2.75, 3.05) is 14.2 Å². The van der Waals surface area contributed by atoms with Gasteiger partial charge >= 0.3 is 5.97 Å². The van der Waals surface area contributed by atoms with Crippen molar-refractivity contribution in [3.05, 3.63) is 0 Å². The summed E-state index contributed by atoms with van der Waals surface area (Å²) in [4.78, 5) is 11.8. The molecule has 0 spiro atoms. The molecule has 3 heteroatoms. The van der Waals surface area contributed by atoms with Crippen LogP contribution in [-0.2, 0) is 14.3 Å². The number of hydrogen-bond donors (Lipinski definition) is 0. The summed E-state index contributed by atoms with van der Waals surface area (Å²) >= 11 is 0. The molecule has 0 fully saturated rings. The Kier molecular flexibility index (Phi) is 4.13. The molecule has 84 valence electrons. The fourth-order valence-corrected chi connectivity index (χ4v) is 1.53. The minimum absolute atomic E-state index is 0.171. The zero-order valence-corrected chi connectivity index (χ0v) is 10.3. The normalized spacial score (nSPS) is 18.5. The fraction of sp³-hybridized carbons (Fsp3) is 0.909. The lowest BCUT2D eigenvalue weighted by molar-refractivity contribution is -0.170. The molecule has 0 rings (SSSR count). The third kappa shape index (κ3) is 2.08. The first-order valence-electron chi connectivity index (χ1n) is 4.83. The van der Waals surface area contributed by atoms with Crippen LogP contribution < -0.4 is 0 Å². The average molecular weight is 202 g/mol. The molecule has 0 aromatic carbocycles. The van der Waals surface area contributed by atoms with Gasteiger partial charge in [0, 0.05) is 7.11 Å². The van der Waals surface area contributed by atoms with Gasteiger partial charge in [0.2, 0.25) is 0 Å². The Bertz CT molecular complexity index is 205. The Morgan fingerprint density at radius 3 is 1.79 bits per heavy atom. The molecule has 0 aliphatic carbocycles. The summed E-state index contributed by atoms with van der Waals surface area (Å²) in [7, 11) is 3.02. The maximum absolute atomic E-state index is 11.8. The molecular formula is C11H22O3. The molecule has 2 atom stereocenters. The quantitative estimate of drug-likeness (QED) is 0.658. The summed E-state index contributed by atoms with van der Waals surface area (Å²) in [5.41, 5.74) is -0.827. The molecule has 0 N–H and O–H groups in total. The van der Waals surface area contributed by atoms with E-state index in [-0.39, 0.29) is 17.5 Å². The Morgan fingerprint density at radius 1 is 1.14 bits per heavy atom. The molecule has 0 aliphatic heterocycles. The number of methoxy groups -OCH3 is 2. The third-order valence-electron chi connectivity index (χ3n) is 3.33. The van der Waals surface area contributed by atoms with Crippen LogP contribution in [0.25, 0.3) is 0 Å². The Hall–Kier alpha value is -0.570. The van der Waals surface area contributed by atoms with Crippen molar-refractivity contribution < 1.29 is 14.3 Å². The second-order valence-corrected chi connectivity index (χ2v) is 4.82. The van der Waals surface area contributed by atoms with E-state index >= 15 is 0 Å². The first-order chi connectivity index (χ1) is 6.21. The van der Waals surface area contributed by atoms with Crippen LogP contribution in [0, 0.1) is 10.8 Å². The van der Waals surface area contributed by atoms with E-state index < -0.39 is 5.41 Å². The van der Waals surface area contributed by atoms with Gasteiger partial charge in [0.15, 0.2) is 0 Å². The molecule has 3 nitrogen and oxygen atoms in total. The van der Waals surface area contributed by atoms with E-state index in [1.165, 1.54) is 7.11 Å². The van der Waals surface area contributed by atoms with E-state index in [9.17, 15) is 4.79 Å². The number of hydrogen-bond acceptors (Lipinski definition) is 3. The smallest absolute Gasteiger partial charge is 0.314 e. The van der Waals surface area contributed by atoms with E-state index in [0.29, 0.717) is 0 Å². The highest BCUT2D eigenvalue weighted by atomic mass is 16.5. The molecule has 0 amide bonds. The lowest BCUT2D eigenvalue weighted by atomic mass is 9.65. The van der Waals surface area contributed by atoms with Crippen LogP contribution in [0.5, 0.6) is 0 Å². The van der Waals surface area contributed by atoms with Gasteiger partial charge in [-0.15, -0.1) is 0 Å². The first-order valence-corrected chi connectivity index (χ1v) is 4.83. The van der Waals surface area contributed by atoms with Gasteiger partial charge in [-0.25, -0.2) is 0 Å². The second-order valence-electron chi connectivity index (χ2n) is 4.82. The predicted molar refractivity (Wildman–Crippen MR) is 56.0 cm³/mol. The molecule has 0 bridgehead atoms. The number of esters is 1. The minimum Gasteiger partial charge on any atom is -0.469 e. The van der Waals surface area contributed by atoms with Crippen molar-refractivity contribution in [2.45, 2.75) is 40.7 Å². The third-order valence-corrected chi connectivity index (χ3v) is 3.33. The van der Waals surface area contributed by atoms with E-state index in [4.69, 9.17) is 9.47 Å². The molecule has 0 aromatic rings. The van der Waals surface area contributed by atoms with Crippen molar-refractivity contribution in [2.24, 2.45) is 10.8 Å². The van der Waals surface area contributed by atoms with E-state index in [1.54, 1.807) is 7.11 Å². The van der Waals surface area contributed by atoms with Crippen LogP contribution in [0.4, 0.5) is 0 Å². The number of carbonyl (C=O) groups excluding carboxylic acids is 1. The summed E-state index contributed by atoms with van der Waals surface area (Å²) in [5.74, 6) is -0.223. The van der Waals surface area contributed by atoms with Gasteiger partial charge in [-0.3, -0.25) is 4.79 Å². The molecule has 14 heavy (non-hydrogen) atoms. The van der Waals surface area contributed by atoms with Crippen molar-refractivity contribution in [1.82, 2.24) is 0 Å². The van der Waals surface area contributed by atoms with Crippen LogP contribution in [0.15, 0.2) is 0 Å². The molecular weight excluding hydrogens is 180 g/mol. The Labute approximate surface area is 86.8 Å². The summed E-state index contributed by atoms with van der Waals surface area (Å²) < 4.78 is 10.1. The van der Waals surface area contributed by atoms with E-state index in [2.05, 4.69) is 0 Å². The van der Waals surface area contributed by atoms with Crippen molar-refractivity contribution in [3.63, 3.8) is 0 Å². The summed E-state index contributed by atoms with van der Waals surface area (Å²) in [6.07, 6.45) is -0.171. The van der Waals surface area contributed by atoms with E-state index in [0.717, 1.165) is 0 Å². The summed E-state index contributed by atoms with van der Waals surface area (Å²) in [6, 6.07) is 0. The highest BCUT2D eigenvalue weighted by Crippen LogP contribution is 2.43. The second kappa shape index (κ2) is 4.30. The van der Waals surface area contributed by atoms with Crippen LogP contribution in [0.2, 0.25) is 0 Å². The molecule has 0 heterocycles. The maximum Gasteiger partial charge on any atom is 0.314 e. The van der Waals surface area contributed by atoms with E-state index in [1.807, 2.05) is 34.6 Å². The minimum atomic E-state index is -0.628. The summed E-state index contributed by atoms with van der Waals surface area (Å²) in [5, 5.41) is 0. The van der Waals surface area contributed by atoms with Crippen molar-refractivity contribution >= 4 is 5.97 Å². The predicted octanol–water partition coefficient (Wildman–Crippen LogP) is 2.25. The van der Waals surface area contributed by atoms with Crippen LogP contribution in [0.3, 0.4) is 0 Å². The van der Waals surface area contributed by atoms with Gasteiger partial charge in [-0.05, 0) is 19.3 Å². The zero-order chi connectivity index (χ0) is 11.6. The SMILES string of the molecule is COC(=O)C(C)(C(C)OC)C(C)(C)C. The van der Waals surface area contributed by atoms with Gasteiger partial charge in [0.05, 0.1) is 18.6 Å². The first kappa shape index (κ1) is 13.4. The molecule has 0 radical (unpaired) electrons. The number of carbonyl (C=O) groups is 1. The van der Waals surface area contributed by atoms with Crippen molar-refractivity contribution in [3.8, 4) is 0 Å². The number of rotatable bonds is 3. The monoisotopic (exact) mass is 202 g/mol. The maximum atomic E-state index is 11.8. The lowest BCUT2D eigenvalue weighted by Gasteiger charge is -2.42. The Morgan fingerprint density at radius 2 is 1.57 bits per heavy atom. The molecule has 0 saturated heterocycles. The molecule has 0 aromatic heterocycles. The molecule has 0 saturated carbocycles. The standard InChI is InChI=1S/C11H22O3/c1-8(13-6)11(5,9(12)14-7)10(2,3)4/h8H,1-7H3. The highest BCUT2D eigenvalue weighted by molar-refractivity contribution is 5.78. The Balaban J connectivity index is 5.16. The molecule has 2 unspecified atom stereocenters. The lowest BCUT2D eigenvalue weighted by Crippen LogP contribution is -2.49. The fourth-order valence-electron chi connectivity index (χ4n) is 1.53. The van der Waals surface area contributed by atoms with Crippen LogP contribution >= 0.6 is 0 Å². The average Bonchev–Trinajstić information content (AvgIpc) is 2.12. The topological polar surface area (TPSA) is 35.5 Å². The van der Waals surface area contributed by atoms with Gasteiger partial charge in [0.25, 0.3) is 0 Å². The largest absolute Gasteiger partial charge is 0.469 e. The number of ether oxygens (including phenoxy) is 2. The highest BCUT2D eigenvalue weighted by Gasteiger charge is 2.49. The van der Waals surface area contributed by atoms with Gasteiger partial charge < -0.3 is 9.47 Å². The van der Waals surface area contributed by atoms with Crippen LogP contribution in [0.1, 0.15) is 34.6 Å². The van der Waals surface area contributed by atoms with Gasteiger partial charge in [0.1, 0.15) is 0 Å². The van der Waals surface area contributed by atoms with Crippen molar-refractivity contribution in [1.29, 1.82) is 0 Å². The molecule has 0 aliphatic rings.